The topological polar surface area (TPSA) is 49.8 Å². The first-order chi connectivity index (χ1) is 9.19. The van der Waals surface area contributed by atoms with E-state index in [-0.39, 0.29) is 11.3 Å². The van der Waals surface area contributed by atoms with Crippen LogP contribution in [0.4, 0.5) is 0 Å². The molecule has 0 aromatic heterocycles. The molecule has 0 atom stereocenters. The maximum absolute atomic E-state index is 10.7. The fourth-order valence-corrected chi connectivity index (χ4v) is 2.41. The van der Waals surface area contributed by atoms with Crippen LogP contribution in [0.2, 0.25) is 0 Å². The smallest absolute Gasteiger partial charge is 0.153 e. The van der Waals surface area contributed by atoms with Crippen molar-refractivity contribution in [2.45, 2.75) is 19.3 Å². The first-order valence-corrected chi connectivity index (χ1v) is 6.78. The van der Waals surface area contributed by atoms with E-state index in [1.807, 2.05) is 0 Å². The van der Waals surface area contributed by atoms with Crippen molar-refractivity contribution in [3.8, 4) is 11.5 Å². The lowest BCUT2D eigenvalue weighted by Crippen LogP contribution is -2.30. The van der Waals surface area contributed by atoms with Crippen LogP contribution in [0.5, 0.6) is 11.5 Å². The highest BCUT2D eigenvalue weighted by Crippen LogP contribution is 2.23. The molecule has 1 heterocycles. The average molecular weight is 263 g/mol. The Morgan fingerprint density at radius 1 is 1.42 bits per heavy atom. The van der Waals surface area contributed by atoms with Crippen LogP contribution in [0.15, 0.2) is 18.2 Å². The van der Waals surface area contributed by atoms with Crippen LogP contribution < -0.4 is 4.74 Å². The number of carbonyl (C=O) groups is 1. The second-order valence-corrected chi connectivity index (χ2v) is 5.22. The van der Waals surface area contributed by atoms with Gasteiger partial charge in [-0.3, -0.25) is 4.79 Å². The molecule has 19 heavy (non-hydrogen) atoms. The Morgan fingerprint density at radius 2 is 2.16 bits per heavy atom. The van der Waals surface area contributed by atoms with Crippen LogP contribution in [-0.2, 0) is 0 Å². The molecule has 0 bridgehead atoms. The van der Waals surface area contributed by atoms with E-state index in [4.69, 9.17) is 4.74 Å². The van der Waals surface area contributed by atoms with E-state index >= 15 is 0 Å². The third-order valence-electron chi connectivity index (χ3n) is 3.76. The number of carbonyl (C=O) groups excluding carboxylic acids is 1. The number of piperidine rings is 1. The van der Waals surface area contributed by atoms with Gasteiger partial charge in [0, 0.05) is 0 Å². The zero-order chi connectivity index (χ0) is 13.7. The molecule has 0 unspecified atom stereocenters. The molecule has 0 spiro atoms. The number of aldehydes is 1. The second kappa shape index (κ2) is 6.57. The molecule has 1 aromatic rings. The number of phenolic OH excluding ortho intramolecular Hbond substituents is 1. The van der Waals surface area contributed by atoms with Gasteiger partial charge in [0.1, 0.15) is 11.5 Å². The van der Waals surface area contributed by atoms with Crippen LogP contribution in [0.1, 0.15) is 29.6 Å². The maximum atomic E-state index is 10.7. The number of hydrogen-bond donors (Lipinski definition) is 1. The highest BCUT2D eigenvalue weighted by molar-refractivity contribution is 5.79. The van der Waals surface area contributed by atoms with E-state index in [0.717, 1.165) is 12.3 Å². The number of hydrogen-bond acceptors (Lipinski definition) is 4. The van der Waals surface area contributed by atoms with Crippen LogP contribution in [0, 0.1) is 5.92 Å². The number of ether oxygens (including phenoxy) is 1. The summed E-state index contributed by atoms with van der Waals surface area (Å²) in [6.45, 7) is 3.00. The number of benzene rings is 1. The Bertz CT molecular complexity index is 425. The van der Waals surface area contributed by atoms with Gasteiger partial charge in [-0.05, 0) is 63.5 Å². The Kier molecular flexibility index (Phi) is 4.80. The molecule has 1 N–H and O–H groups in total. The Morgan fingerprint density at radius 3 is 2.84 bits per heavy atom. The molecule has 2 rings (SSSR count). The van der Waals surface area contributed by atoms with Gasteiger partial charge in [0.25, 0.3) is 0 Å². The van der Waals surface area contributed by atoms with E-state index < -0.39 is 0 Å². The van der Waals surface area contributed by atoms with Gasteiger partial charge in [0.05, 0.1) is 12.2 Å². The molecular formula is C15H21NO3. The van der Waals surface area contributed by atoms with Crippen molar-refractivity contribution < 1.29 is 14.6 Å². The average Bonchev–Trinajstić information content (AvgIpc) is 2.43. The van der Waals surface area contributed by atoms with Crippen molar-refractivity contribution in [1.29, 1.82) is 0 Å². The van der Waals surface area contributed by atoms with Crippen molar-refractivity contribution in [2.24, 2.45) is 5.92 Å². The molecule has 1 aliphatic rings. The minimum atomic E-state index is -0.00216. The van der Waals surface area contributed by atoms with Gasteiger partial charge in [-0.15, -0.1) is 0 Å². The lowest BCUT2D eigenvalue weighted by molar-refractivity contribution is 0.112. The van der Waals surface area contributed by atoms with Crippen LogP contribution in [0.25, 0.3) is 0 Å². The molecule has 0 saturated carbocycles. The van der Waals surface area contributed by atoms with Gasteiger partial charge in [-0.25, -0.2) is 0 Å². The van der Waals surface area contributed by atoms with E-state index in [0.29, 0.717) is 18.6 Å². The van der Waals surface area contributed by atoms with Gasteiger partial charge in [0.15, 0.2) is 6.29 Å². The van der Waals surface area contributed by atoms with Gasteiger partial charge < -0.3 is 14.7 Å². The van der Waals surface area contributed by atoms with Gasteiger partial charge in [0.2, 0.25) is 0 Å². The van der Waals surface area contributed by atoms with Crippen LogP contribution in [0.3, 0.4) is 0 Å². The van der Waals surface area contributed by atoms with Crippen molar-refractivity contribution in [2.75, 3.05) is 26.7 Å². The molecular weight excluding hydrogens is 242 g/mol. The fourth-order valence-electron chi connectivity index (χ4n) is 2.41. The standard InChI is InChI=1S/C15H21NO3/c1-16-7-4-12(5-8-16)6-9-19-14-2-3-15(18)13(10-14)11-17/h2-3,10-12,18H,4-9H2,1H3. The van der Waals surface area contributed by atoms with Crippen molar-refractivity contribution in [3.05, 3.63) is 23.8 Å². The molecule has 1 fully saturated rings. The van der Waals surface area contributed by atoms with Crippen molar-refractivity contribution in [3.63, 3.8) is 0 Å². The SMILES string of the molecule is CN1CCC(CCOc2ccc(O)c(C=O)c2)CC1. The van der Waals surface area contributed by atoms with E-state index in [1.165, 1.54) is 32.0 Å². The highest BCUT2D eigenvalue weighted by Gasteiger charge is 2.16. The zero-order valence-corrected chi connectivity index (χ0v) is 11.3. The summed E-state index contributed by atoms with van der Waals surface area (Å²) in [6.07, 6.45) is 4.15. The summed E-state index contributed by atoms with van der Waals surface area (Å²) >= 11 is 0. The fraction of sp³-hybridized carbons (Fsp3) is 0.533. The second-order valence-electron chi connectivity index (χ2n) is 5.22. The minimum absolute atomic E-state index is 0.00216. The molecule has 0 radical (unpaired) electrons. The molecule has 104 valence electrons. The maximum Gasteiger partial charge on any atom is 0.153 e. The number of rotatable bonds is 5. The minimum Gasteiger partial charge on any atom is -0.507 e. The summed E-state index contributed by atoms with van der Waals surface area (Å²) in [7, 11) is 2.16. The first-order valence-electron chi connectivity index (χ1n) is 6.78. The molecule has 4 heteroatoms. The summed E-state index contributed by atoms with van der Waals surface area (Å²) in [5.41, 5.74) is 0.275. The summed E-state index contributed by atoms with van der Waals surface area (Å²) in [5.74, 6) is 1.38. The van der Waals surface area contributed by atoms with Gasteiger partial charge in [-0.1, -0.05) is 0 Å². The molecule has 0 amide bonds. The number of likely N-dealkylation sites (tertiary alicyclic amines) is 1. The third-order valence-corrected chi connectivity index (χ3v) is 3.76. The van der Waals surface area contributed by atoms with Gasteiger partial charge in [-0.2, -0.15) is 0 Å². The predicted octanol–water partition coefficient (Wildman–Crippen LogP) is 2.32. The van der Waals surface area contributed by atoms with E-state index in [1.54, 1.807) is 12.1 Å². The monoisotopic (exact) mass is 263 g/mol. The molecule has 1 aliphatic heterocycles. The molecule has 1 aromatic carbocycles. The lowest BCUT2D eigenvalue weighted by atomic mass is 9.94. The van der Waals surface area contributed by atoms with Crippen LogP contribution >= 0.6 is 0 Å². The Hall–Kier alpha value is -1.55. The Labute approximate surface area is 114 Å². The van der Waals surface area contributed by atoms with Gasteiger partial charge >= 0.3 is 0 Å². The zero-order valence-electron chi connectivity index (χ0n) is 11.3. The summed E-state index contributed by atoms with van der Waals surface area (Å²) in [6, 6.07) is 4.77. The predicted molar refractivity (Wildman–Crippen MR) is 73.8 cm³/mol. The van der Waals surface area contributed by atoms with Crippen LogP contribution in [-0.4, -0.2) is 43.0 Å². The molecule has 1 saturated heterocycles. The highest BCUT2D eigenvalue weighted by atomic mass is 16.5. The van der Waals surface area contributed by atoms with Crippen molar-refractivity contribution >= 4 is 6.29 Å². The number of nitrogens with zero attached hydrogens (tertiary/aromatic N) is 1. The third kappa shape index (κ3) is 3.96. The van der Waals surface area contributed by atoms with Crippen molar-refractivity contribution in [1.82, 2.24) is 4.90 Å². The lowest BCUT2D eigenvalue weighted by Gasteiger charge is -2.28. The van der Waals surface area contributed by atoms with E-state index in [2.05, 4.69) is 11.9 Å². The molecule has 4 nitrogen and oxygen atoms in total. The molecule has 0 aliphatic carbocycles. The summed E-state index contributed by atoms with van der Waals surface area (Å²) < 4.78 is 5.65. The first kappa shape index (κ1) is 13.9. The van der Waals surface area contributed by atoms with E-state index in [9.17, 15) is 9.90 Å². The number of phenols is 1. The number of aromatic hydroxyl groups is 1. The summed E-state index contributed by atoms with van der Waals surface area (Å²) in [5, 5.41) is 9.40. The largest absolute Gasteiger partial charge is 0.507 e. The normalized spacial score (nSPS) is 17.3. The quantitative estimate of drug-likeness (QED) is 0.828. The summed E-state index contributed by atoms with van der Waals surface area (Å²) in [4.78, 5) is 13.1. The Balaban J connectivity index is 1.78.